The molecule has 0 unspecified atom stereocenters. The first-order valence-electron chi connectivity index (χ1n) is 8.18. The van der Waals surface area contributed by atoms with Gasteiger partial charge in [-0.05, 0) is 36.8 Å². The molecule has 7 heteroatoms. The standard InChI is InChI=1S/C19H19FN4OS/c1-13(18(25)21-12-14-6-4-3-5-7-14)26-19-23-22-17(24(19)2)15-8-10-16(20)11-9-15/h3-11,13H,12H2,1-2H3,(H,21,25)/t13-/m1/s1. The van der Waals surface area contributed by atoms with E-state index in [2.05, 4.69) is 15.5 Å². The second-order valence-corrected chi connectivity index (χ2v) is 7.14. The summed E-state index contributed by atoms with van der Waals surface area (Å²) in [6.07, 6.45) is 0. The Bertz CT molecular complexity index is 880. The zero-order chi connectivity index (χ0) is 18.5. The highest BCUT2D eigenvalue weighted by Gasteiger charge is 2.19. The van der Waals surface area contributed by atoms with Crippen LogP contribution in [0.5, 0.6) is 0 Å². The molecule has 0 radical (unpaired) electrons. The molecule has 134 valence electrons. The second kappa shape index (κ2) is 8.14. The van der Waals surface area contributed by atoms with Crippen molar-refractivity contribution in [2.45, 2.75) is 23.9 Å². The van der Waals surface area contributed by atoms with Crippen molar-refractivity contribution in [2.24, 2.45) is 7.05 Å². The molecule has 1 heterocycles. The summed E-state index contributed by atoms with van der Waals surface area (Å²) in [6, 6.07) is 15.8. The van der Waals surface area contributed by atoms with Gasteiger partial charge in [0.2, 0.25) is 5.91 Å². The van der Waals surface area contributed by atoms with Gasteiger partial charge in [-0.25, -0.2) is 4.39 Å². The number of benzene rings is 2. The molecule has 3 rings (SSSR count). The van der Waals surface area contributed by atoms with Crippen LogP contribution in [0.25, 0.3) is 11.4 Å². The van der Waals surface area contributed by atoms with Crippen LogP contribution in [0.2, 0.25) is 0 Å². The van der Waals surface area contributed by atoms with Crippen molar-refractivity contribution in [2.75, 3.05) is 0 Å². The number of halogens is 1. The van der Waals surface area contributed by atoms with Gasteiger partial charge in [-0.15, -0.1) is 10.2 Å². The number of hydrogen-bond donors (Lipinski definition) is 1. The Balaban J connectivity index is 1.63. The Hall–Kier alpha value is -2.67. The molecule has 0 fully saturated rings. The first-order valence-corrected chi connectivity index (χ1v) is 9.06. The maximum Gasteiger partial charge on any atom is 0.233 e. The number of nitrogens with one attached hydrogen (secondary N) is 1. The van der Waals surface area contributed by atoms with Gasteiger partial charge in [0, 0.05) is 19.2 Å². The van der Waals surface area contributed by atoms with Gasteiger partial charge in [0.25, 0.3) is 0 Å². The summed E-state index contributed by atoms with van der Waals surface area (Å²) in [7, 11) is 1.83. The van der Waals surface area contributed by atoms with E-state index in [9.17, 15) is 9.18 Å². The number of aromatic nitrogens is 3. The van der Waals surface area contributed by atoms with Crippen LogP contribution in [0, 0.1) is 5.82 Å². The Labute approximate surface area is 155 Å². The summed E-state index contributed by atoms with van der Waals surface area (Å²) in [5, 5.41) is 11.6. The highest BCUT2D eigenvalue weighted by atomic mass is 32.2. The van der Waals surface area contributed by atoms with E-state index in [0.717, 1.165) is 11.1 Å². The van der Waals surface area contributed by atoms with E-state index in [1.807, 2.05) is 44.3 Å². The third-order valence-electron chi connectivity index (χ3n) is 3.90. The van der Waals surface area contributed by atoms with Crippen molar-refractivity contribution in [3.05, 3.63) is 66.0 Å². The number of nitrogens with zero attached hydrogens (tertiary/aromatic N) is 3. The SMILES string of the molecule is C[C@@H](Sc1nnc(-c2ccc(F)cc2)n1C)C(=O)NCc1ccccc1. The van der Waals surface area contributed by atoms with Gasteiger partial charge >= 0.3 is 0 Å². The van der Waals surface area contributed by atoms with Crippen LogP contribution >= 0.6 is 11.8 Å². The minimum absolute atomic E-state index is 0.0646. The van der Waals surface area contributed by atoms with E-state index in [4.69, 9.17) is 0 Å². The predicted molar refractivity (Wildman–Crippen MR) is 100 cm³/mol. The fourth-order valence-corrected chi connectivity index (χ4v) is 3.25. The van der Waals surface area contributed by atoms with E-state index in [-0.39, 0.29) is 17.0 Å². The molecule has 0 saturated heterocycles. The first kappa shape index (κ1) is 18.1. The van der Waals surface area contributed by atoms with Gasteiger partial charge in [0.15, 0.2) is 11.0 Å². The topological polar surface area (TPSA) is 59.8 Å². The van der Waals surface area contributed by atoms with Crippen molar-refractivity contribution < 1.29 is 9.18 Å². The van der Waals surface area contributed by atoms with Gasteiger partial charge in [-0.1, -0.05) is 42.1 Å². The Morgan fingerprint density at radius 1 is 1.15 bits per heavy atom. The summed E-state index contributed by atoms with van der Waals surface area (Å²) < 4.78 is 14.9. The van der Waals surface area contributed by atoms with Crippen LogP contribution in [-0.2, 0) is 18.4 Å². The van der Waals surface area contributed by atoms with Crippen LogP contribution in [0.4, 0.5) is 4.39 Å². The minimum atomic E-state index is -0.317. The lowest BCUT2D eigenvalue weighted by Crippen LogP contribution is -2.30. The molecule has 1 amide bonds. The van der Waals surface area contributed by atoms with E-state index < -0.39 is 0 Å². The number of amides is 1. The molecule has 1 atom stereocenters. The third kappa shape index (κ3) is 4.29. The fraction of sp³-hybridized carbons (Fsp3) is 0.211. The average molecular weight is 370 g/mol. The molecule has 5 nitrogen and oxygen atoms in total. The molecule has 0 spiro atoms. The van der Waals surface area contributed by atoms with E-state index >= 15 is 0 Å². The summed E-state index contributed by atoms with van der Waals surface area (Å²) in [5.74, 6) is 0.267. The molecule has 3 aromatic rings. The van der Waals surface area contributed by atoms with Gasteiger partial charge in [-0.3, -0.25) is 4.79 Å². The van der Waals surface area contributed by atoms with Crippen LogP contribution in [0.15, 0.2) is 59.8 Å². The molecule has 0 aliphatic carbocycles. The molecule has 26 heavy (non-hydrogen) atoms. The minimum Gasteiger partial charge on any atom is -0.351 e. The van der Waals surface area contributed by atoms with Crippen LogP contribution in [0.1, 0.15) is 12.5 Å². The van der Waals surface area contributed by atoms with Crippen molar-refractivity contribution >= 4 is 17.7 Å². The molecule has 0 aliphatic heterocycles. The van der Waals surface area contributed by atoms with Crippen molar-refractivity contribution in [3.8, 4) is 11.4 Å². The maximum atomic E-state index is 13.1. The number of carbonyl (C=O) groups excluding carboxylic acids is 1. The van der Waals surface area contributed by atoms with Crippen LogP contribution in [-0.4, -0.2) is 25.9 Å². The smallest absolute Gasteiger partial charge is 0.233 e. The van der Waals surface area contributed by atoms with E-state index in [0.29, 0.717) is 17.5 Å². The normalized spacial score (nSPS) is 12.0. The van der Waals surface area contributed by atoms with Gasteiger partial charge in [0.1, 0.15) is 5.82 Å². The molecule has 1 N–H and O–H groups in total. The summed E-state index contributed by atoms with van der Waals surface area (Å²) >= 11 is 1.34. The Morgan fingerprint density at radius 3 is 2.54 bits per heavy atom. The Kier molecular flexibility index (Phi) is 5.68. The monoisotopic (exact) mass is 370 g/mol. The van der Waals surface area contributed by atoms with Crippen LogP contribution < -0.4 is 5.32 Å². The van der Waals surface area contributed by atoms with Gasteiger partial charge in [0.05, 0.1) is 5.25 Å². The zero-order valence-corrected chi connectivity index (χ0v) is 15.3. The molecule has 1 aromatic heterocycles. The number of thioether (sulfide) groups is 1. The van der Waals surface area contributed by atoms with Gasteiger partial charge < -0.3 is 9.88 Å². The lowest BCUT2D eigenvalue weighted by atomic mass is 10.2. The lowest BCUT2D eigenvalue weighted by molar-refractivity contribution is -0.120. The summed E-state index contributed by atoms with van der Waals surface area (Å²) in [4.78, 5) is 12.3. The quantitative estimate of drug-likeness (QED) is 0.676. The summed E-state index contributed by atoms with van der Waals surface area (Å²) in [5.41, 5.74) is 1.82. The number of carbonyl (C=O) groups is 1. The van der Waals surface area contributed by atoms with Crippen LogP contribution in [0.3, 0.4) is 0 Å². The molecule has 2 aromatic carbocycles. The highest BCUT2D eigenvalue weighted by molar-refractivity contribution is 8.00. The second-order valence-electron chi connectivity index (χ2n) is 5.84. The average Bonchev–Trinajstić information content (AvgIpc) is 3.01. The molecule has 0 bridgehead atoms. The third-order valence-corrected chi connectivity index (χ3v) is 5.03. The van der Waals surface area contributed by atoms with Crippen molar-refractivity contribution in [1.82, 2.24) is 20.1 Å². The lowest BCUT2D eigenvalue weighted by Gasteiger charge is -2.11. The van der Waals surface area contributed by atoms with E-state index in [1.165, 1.54) is 23.9 Å². The van der Waals surface area contributed by atoms with Gasteiger partial charge in [-0.2, -0.15) is 0 Å². The zero-order valence-electron chi connectivity index (χ0n) is 14.5. The molecule has 0 saturated carbocycles. The summed E-state index contributed by atoms with van der Waals surface area (Å²) in [6.45, 7) is 2.32. The number of rotatable bonds is 6. The fourth-order valence-electron chi connectivity index (χ4n) is 2.41. The molecular weight excluding hydrogens is 351 g/mol. The Morgan fingerprint density at radius 2 is 1.85 bits per heavy atom. The highest BCUT2D eigenvalue weighted by Crippen LogP contribution is 2.25. The molecule has 0 aliphatic rings. The van der Waals surface area contributed by atoms with Crippen molar-refractivity contribution in [3.63, 3.8) is 0 Å². The number of hydrogen-bond acceptors (Lipinski definition) is 4. The van der Waals surface area contributed by atoms with Crippen molar-refractivity contribution in [1.29, 1.82) is 0 Å². The van der Waals surface area contributed by atoms with E-state index in [1.54, 1.807) is 16.7 Å². The maximum absolute atomic E-state index is 13.1. The first-order chi connectivity index (χ1) is 12.5. The largest absolute Gasteiger partial charge is 0.351 e. The molecular formula is C19H19FN4OS. The predicted octanol–water partition coefficient (Wildman–Crippen LogP) is 3.42.